The summed E-state index contributed by atoms with van der Waals surface area (Å²) in [5.41, 5.74) is 1.56. The number of amides is 1. The summed E-state index contributed by atoms with van der Waals surface area (Å²) >= 11 is 0. The van der Waals surface area contributed by atoms with Crippen LogP contribution in [-0.4, -0.2) is 22.5 Å². The minimum atomic E-state index is -1.12. The van der Waals surface area contributed by atoms with Crippen LogP contribution in [-0.2, 0) is 4.79 Å². The van der Waals surface area contributed by atoms with Crippen molar-refractivity contribution in [1.29, 1.82) is 0 Å². The van der Waals surface area contributed by atoms with Crippen molar-refractivity contribution in [2.75, 3.05) is 0 Å². The van der Waals surface area contributed by atoms with Crippen LogP contribution < -0.4 is 5.32 Å². The molecule has 1 aromatic rings. The lowest BCUT2D eigenvalue weighted by Crippen LogP contribution is -2.56. The van der Waals surface area contributed by atoms with Gasteiger partial charge < -0.3 is 10.4 Å². The zero-order chi connectivity index (χ0) is 15.6. The Balaban J connectivity index is 2.22. The summed E-state index contributed by atoms with van der Waals surface area (Å²) < 4.78 is 0. The zero-order valence-corrected chi connectivity index (χ0v) is 12.9. The van der Waals surface area contributed by atoms with Gasteiger partial charge in [0, 0.05) is 5.56 Å². The molecule has 2 atom stereocenters. The fraction of sp³-hybridized carbons (Fsp3) is 0.529. The highest BCUT2D eigenvalue weighted by atomic mass is 16.4. The Hall–Kier alpha value is -1.84. The first-order valence-corrected chi connectivity index (χ1v) is 7.47. The van der Waals surface area contributed by atoms with Crippen LogP contribution >= 0.6 is 0 Å². The number of rotatable bonds is 3. The molecule has 0 radical (unpaired) electrons. The highest BCUT2D eigenvalue weighted by Gasteiger charge is 2.43. The van der Waals surface area contributed by atoms with E-state index in [0.717, 1.165) is 24.0 Å². The highest BCUT2D eigenvalue weighted by molar-refractivity contribution is 5.98. The molecular formula is C17H23NO3. The number of carbonyl (C=O) groups excluding carboxylic acids is 1. The molecule has 0 aromatic heterocycles. The van der Waals surface area contributed by atoms with Gasteiger partial charge in [0.15, 0.2) is 0 Å². The molecule has 114 valence electrons. The number of aryl methyl sites for hydroxylation is 2. The predicted molar refractivity (Wildman–Crippen MR) is 81.4 cm³/mol. The van der Waals surface area contributed by atoms with E-state index in [9.17, 15) is 14.7 Å². The quantitative estimate of drug-likeness (QED) is 0.898. The maximum Gasteiger partial charge on any atom is 0.329 e. The molecule has 0 bridgehead atoms. The number of carboxylic acids is 1. The van der Waals surface area contributed by atoms with Gasteiger partial charge in [-0.1, -0.05) is 25.8 Å². The van der Waals surface area contributed by atoms with Crippen molar-refractivity contribution >= 4 is 11.9 Å². The van der Waals surface area contributed by atoms with E-state index in [1.807, 2.05) is 32.9 Å². The number of carbonyl (C=O) groups is 2. The molecule has 4 heteroatoms. The lowest BCUT2D eigenvalue weighted by Gasteiger charge is -2.37. The van der Waals surface area contributed by atoms with Gasteiger partial charge in [-0.25, -0.2) is 4.79 Å². The molecule has 0 saturated heterocycles. The molecule has 1 amide bonds. The summed E-state index contributed by atoms with van der Waals surface area (Å²) in [6.07, 6.45) is 2.86. The van der Waals surface area contributed by atoms with E-state index in [0.29, 0.717) is 24.3 Å². The Labute approximate surface area is 125 Å². The second kappa shape index (κ2) is 5.88. The van der Waals surface area contributed by atoms with E-state index in [2.05, 4.69) is 5.32 Å². The second-order valence-corrected chi connectivity index (χ2v) is 6.34. The largest absolute Gasteiger partial charge is 0.480 e. The molecule has 21 heavy (non-hydrogen) atoms. The topological polar surface area (TPSA) is 66.4 Å². The molecule has 2 unspecified atom stereocenters. The SMILES string of the molecule is Cc1ccc(C(=O)NC2(C(=O)O)CCCC(C)C2)cc1C. The van der Waals surface area contributed by atoms with Gasteiger partial charge >= 0.3 is 5.97 Å². The van der Waals surface area contributed by atoms with Crippen molar-refractivity contribution in [2.24, 2.45) is 5.92 Å². The van der Waals surface area contributed by atoms with Crippen molar-refractivity contribution < 1.29 is 14.7 Å². The summed E-state index contributed by atoms with van der Waals surface area (Å²) in [6.45, 7) is 5.97. The highest BCUT2D eigenvalue weighted by Crippen LogP contribution is 2.32. The average molecular weight is 289 g/mol. The smallest absolute Gasteiger partial charge is 0.329 e. The number of hydrogen-bond acceptors (Lipinski definition) is 2. The monoisotopic (exact) mass is 289 g/mol. The van der Waals surface area contributed by atoms with E-state index >= 15 is 0 Å². The molecule has 0 spiro atoms. The van der Waals surface area contributed by atoms with Crippen molar-refractivity contribution in [3.05, 3.63) is 34.9 Å². The molecule has 2 rings (SSSR count). The average Bonchev–Trinajstić information content (AvgIpc) is 2.41. The van der Waals surface area contributed by atoms with Crippen LogP contribution in [0.2, 0.25) is 0 Å². The normalized spacial score (nSPS) is 25.4. The first-order valence-electron chi connectivity index (χ1n) is 7.47. The molecule has 4 nitrogen and oxygen atoms in total. The van der Waals surface area contributed by atoms with Crippen LogP contribution in [0.4, 0.5) is 0 Å². The van der Waals surface area contributed by atoms with Crippen molar-refractivity contribution in [2.45, 2.75) is 52.0 Å². The minimum absolute atomic E-state index is 0.297. The van der Waals surface area contributed by atoms with Gasteiger partial charge in [0.25, 0.3) is 5.91 Å². The van der Waals surface area contributed by atoms with E-state index in [-0.39, 0.29) is 5.91 Å². The number of benzene rings is 1. The summed E-state index contributed by atoms with van der Waals surface area (Å²) in [4.78, 5) is 24.1. The van der Waals surface area contributed by atoms with Gasteiger partial charge in [0.05, 0.1) is 0 Å². The van der Waals surface area contributed by atoms with Gasteiger partial charge in [-0.3, -0.25) is 4.79 Å². The van der Waals surface area contributed by atoms with Crippen LogP contribution in [0.5, 0.6) is 0 Å². The first-order chi connectivity index (χ1) is 9.84. The lowest BCUT2D eigenvalue weighted by molar-refractivity contribution is -0.146. The van der Waals surface area contributed by atoms with Crippen LogP contribution in [0.1, 0.15) is 54.1 Å². The van der Waals surface area contributed by atoms with Crippen molar-refractivity contribution in [3.8, 4) is 0 Å². The molecule has 1 aromatic carbocycles. The Kier molecular flexibility index (Phi) is 4.35. The molecular weight excluding hydrogens is 266 g/mol. The van der Waals surface area contributed by atoms with E-state index in [1.54, 1.807) is 6.07 Å². The van der Waals surface area contributed by atoms with Crippen molar-refractivity contribution in [3.63, 3.8) is 0 Å². The maximum absolute atomic E-state index is 12.4. The Morgan fingerprint density at radius 2 is 2.00 bits per heavy atom. The summed E-state index contributed by atoms with van der Waals surface area (Å²) in [6, 6.07) is 5.45. The van der Waals surface area contributed by atoms with Crippen LogP contribution in [0.15, 0.2) is 18.2 Å². The first kappa shape index (κ1) is 15.5. The van der Waals surface area contributed by atoms with Gasteiger partial charge in [-0.05, 0) is 55.9 Å². The molecule has 2 N–H and O–H groups in total. The minimum Gasteiger partial charge on any atom is -0.480 e. The van der Waals surface area contributed by atoms with Crippen LogP contribution in [0.25, 0.3) is 0 Å². The fourth-order valence-electron chi connectivity index (χ4n) is 3.08. The zero-order valence-electron chi connectivity index (χ0n) is 12.9. The second-order valence-electron chi connectivity index (χ2n) is 6.34. The number of aliphatic carboxylic acids is 1. The predicted octanol–water partition coefficient (Wildman–Crippen LogP) is 3.07. The number of carboxylic acid groups (broad SMARTS) is 1. The van der Waals surface area contributed by atoms with E-state index in [1.165, 1.54) is 0 Å². The van der Waals surface area contributed by atoms with Crippen LogP contribution in [0.3, 0.4) is 0 Å². The summed E-state index contributed by atoms with van der Waals surface area (Å²) in [5, 5.41) is 12.4. The van der Waals surface area contributed by atoms with E-state index < -0.39 is 11.5 Å². The maximum atomic E-state index is 12.4. The van der Waals surface area contributed by atoms with Crippen molar-refractivity contribution in [1.82, 2.24) is 5.32 Å². The lowest BCUT2D eigenvalue weighted by atomic mass is 9.76. The molecule has 1 saturated carbocycles. The molecule has 0 heterocycles. The van der Waals surface area contributed by atoms with Crippen LogP contribution in [0, 0.1) is 19.8 Å². The summed E-state index contributed by atoms with van der Waals surface area (Å²) in [5.74, 6) is -0.907. The Morgan fingerprint density at radius 3 is 2.57 bits per heavy atom. The van der Waals surface area contributed by atoms with Gasteiger partial charge in [0.2, 0.25) is 0 Å². The fourth-order valence-corrected chi connectivity index (χ4v) is 3.08. The Bertz CT molecular complexity index is 567. The summed E-state index contributed by atoms with van der Waals surface area (Å²) in [7, 11) is 0. The third kappa shape index (κ3) is 3.26. The number of hydrogen-bond donors (Lipinski definition) is 2. The van der Waals surface area contributed by atoms with Gasteiger partial charge in [-0.2, -0.15) is 0 Å². The van der Waals surface area contributed by atoms with Gasteiger partial charge in [-0.15, -0.1) is 0 Å². The third-order valence-electron chi connectivity index (χ3n) is 4.53. The molecule has 1 aliphatic rings. The molecule has 0 aliphatic heterocycles. The van der Waals surface area contributed by atoms with Gasteiger partial charge in [0.1, 0.15) is 5.54 Å². The third-order valence-corrected chi connectivity index (χ3v) is 4.53. The molecule has 1 fully saturated rings. The standard InChI is InChI=1S/C17H23NO3/c1-11-5-4-8-17(10-11,16(20)21)18-15(19)14-7-6-12(2)13(3)9-14/h6-7,9,11H,4-5,8,10H2,1-3H3,(H,18,19)(H,20,21). The number of nitrogens with one attached hydrogen (secondary N) is 1. The molecule has 1 aliphatic carbocycles. The van der Waals surface area contributed by atoms with E-state index in [4.69, 9.17) is 0 Å². The Morgan fingerprint density at radius 1 is 1.29 bits per heavy atom.